The number of carbonyl (C=O) groups excluding carboxylic acids is 3. The molecule has 0 radical (unpaired) electrons. The third kappa shape index (κ3) is 5.24. The highest BCUT2D eigenvalue weighted by atomic mass is 19.4. The quantitative estimate of drug-likeness (QED) is 0.765. The summed E-state index contributed by atoms with van der Waals surface area (Å²) in [6, 6.07) is 4.29. The molecule has 3 fully saturated rings. The van der Waals surface area contributed by atoms with E-state index in [9.17, 15) is 27.6 Å². The number of piperidine rings is 2. The molecule has 6 nitrogen and oxygen atoms in total. The third-order valence-corrected chi connectivity index (χ3v) is 6.69. The molecule has 2 heterocycles. The summed E-state index contributed by atoms with van der Waals surface area (Å²) >= 11 is 0. The summed E-state index contributed by atoms with van der Waals surface area (Å²) < 4.78 is 38.1. The third-order valence-electron chi connectivity index (χ3n) is 6.69. The predicted molar refractivity (Wildman–Crippen MR) is 111 cm³/mol. The van der Waals surface area contributed by atoms with Gasteiger partial charge in [-0.05, 0) is 62.8 Å². The van der Waals surface area contributed by atoms with Crippen LogP contribution in [0.5, 0.6) is 0 Å². The summed E-state index contributed by atoms with van der Waals surface area (Å²) in [4.78, 5) is 40.9. The fraction of sp³-hybridized carbons (Fsp3) is 0.609. The molecule has 3 amide bonds. The fourth-order valence-electron chi connectivity index (χ4n) is 4.48. The topological polar surface area (TPSA) is 69.7 Å². The molecule has 2 saturated heterocycles. The molecule has 0 spiro atoms. The van der Waals surface area contributed by atoms with Crippen molar-refractivity contribution in [2.75, 3.05) is 26.2 Å². The van der Waals surface area contributed by atoms with Crippen LogP contribution in [0.15, 0.2) is 24.3 Å². The second kappa shape index (κ2) is 9.11. The molecule has 0 bridgehead atoms. The molecule has 1 aromatic rings. The fourth-order valence-corrected chi connectivity index (χ4v) is 4.48. The number of likely N-dealkylation sites (tertiary alicyclic amines) is 2. The van der Waals surface area contributed by atoms with Crippen LogP contribution >= 0.6 is 0 Å². The highest BCUT2D eigenvalue weighted by molar-refractivity contribution is 5.94. The summed E-state index contributed by atoms with van der Waals surface area (Å²) in [6.07, 6.45) is 0.126. The Hall–Kier alpha value is -2.58. The molecular weight excluding hydrogens is 423 g/mol. The van der Waals surface area contributed by atoms with Crippen molar-refractivity contribution in [1.29, 1.82) is 0 Å². The van der Waals surface area contributed by atoms with E-state index >= 15 is 0 Å². The molecule has 1 aromatic carbocycles. The van der Waals surface area contributed by atoms with E-state index in [-0.39, 0.29) is 41.2 Å². The van der Waals surface area contributed by atoms with Crippen LogP contribution in [0.25, 0.3) is 0 Å². The molecule has 32 heavy (non-hydrogen) atoms. The van der Waals surface area contributed by atoms with Crippen LogP contribution in [0.2, 0.25) is 0 Å². The van der Waals surface area contributed by atoms with E-state index in [0.29, 0.717) is 39.0 Å². The van der Waals surface area contributed by atoms with Gasteiger partial charge in [-0.3, -0.25) is 14.4 Å². The lowest BCUT2D eigenvalue weighted by atomic mass is 9.94. The first-order valence-corrected chi connectivity index (χ1v) is 11.3. The van der Waals surface area contributed by atoms with Gasteiger partial charge in [0.25, 0.3) is 5.91 Å². The molecule has 4 rings (SSSR count). The Morgan fingerprint density at radius 2 is 1.34 bits per heavy atom. The Morgan fingerprint density at radius 3 is 1.88 bits per heavy atom. The van der Waals surface area contributed by atoms with Crippen molar-refractivity contribution in [3.05, 3.63) is 35.4 Å². The number of hydrogen-bond donors (Lipinski definition) is 1. The van der Waals surface area contributed by atoms with E-state index in [0.717, 1.165) is 37.8 Å². The standard InChI is InChI=1S/C23H28F3N3O3/c24-23(25,26)18-5-3-17(4-6-18)22(32)28-11-7-15(8-12-28)20(30)27-19-9-13-29(14-10-19)21(31)16-1-2-16/h3-6,15-16,19H,1-2,7-14H2,(H,27,30). The lowest BCUT2D eigenvalue weighted by Gasteiger charge is -2.35. The minimum absolute atomic E-state index is 0.0152. The van der Waals surface area contributed by atoms with Crippen molar-refractivity contribution in [3.63, 3.8) is 0 Å². The first-order chi connectivity index (χ1) is 15.2. The normalized spacial score (nSPS) is 20.8. The van der Waals surface area contributed by atoms with Gasteiger partial charge in [-0.25, -0.2) is 0 Å². The van der Waals surface area contributed by atoms with E-state index < -0.39 is 11.7 Å². The van der Waals surface area contributed by atoms with E-state index in [1.807, 2.05) is 4.90 Å². The smallest absolute Gasteiger partial charge is 0.353 e. The summed E-state index contributed by atoms with van der Waals surface area (Å²) in [5, 5.41) is 3.10. The molecule has 1 saturated carbocycles. The molecule has 1 N–H and O–H groups in total. The zero-order chi connectivity index (χ0) is 22.9. The van der Waals surface area contributed by atoms with Crippen molar-refractivity contribution in [1.82, 2.24) is 15.1 Å². The molecule has 0 unspecified atom stereocenters. The minimum Gasteiger partial charge on any atom is -0.353 e. The van der Waals surface area contributed by atoms with Crippen molar-refractivity contribution in [2.24, 2.45) is 11.8 Å². The molecular formula is C23H28F3N3O3. The number of halogens is 3. The van der Waals surface area contributed by atoms with Gasteiger partial charge >= 0.3 is 6.18 Å². The predicted octanol–water partition coefficient (Wildman–Crippen LogP) is 3.07. The van der Waals surface area contributed by atoms with Crippen LogP contribution < -0.4 is 5.32 Å². The number of benzene rings is 1. The maximum Gasteiger partial charge on any atom is 0.416 e. The summed E-state index contributed by atoms with van der Waals surface area (Å²) in [6.45, 7) is 2.15. The van der Waals surface area contributed by atoms with E-state index in [4.69, 9.17) is 0 Å². The number of alkyl halides is 3. The number of nitrogens with one attached hydrogen (secondary N) is 1. The lowest BCUT2D eigenvalue weighted by molar-refractivity contribution is -0.137. The number of carbonyl (C=O) groups is 3. The zero-order valence-corrected chi connectivity index (χ0v) is 17.9. The maximum atomic E-state index is 12.7. The first-order valence-electron chi connectivity index (χ1n) is 11.3. The molecule has 0 aromatic heterocycles. The number of hydrogen-bond acceptors (Lipinski definition) is 3. The molecule has 0 atom stereocenters. The summed E-state index contributed by atoms with van der Waals surface area (Å²) in [7, 11) is 0. The van der Waals surface area contributed by atoms with Crippen LogP contribution in [0, 0.1) is 11.8 Å². The van der Waals surface area contributed by atoms with Gasteiger partial charge in [-0.15, -0.1) is 0 Å². The van der Waals surface area contributed by atoms with E-state index in [1.165, 1.54) is 12.1 Å². The Balaban J connectivity index is 1.21. The molecule has 174 valence electrons. The zero-order valence-electron chi connectivity index (χ0n) is 17.9. The van der Waals surface area contributed by atoms with Gasteiger partial charge in [0.05, 0.1) is 5.56 Å². The average Bonchev–Trinajstić information content (AvgIpc) is 3.64. The van der Waals surface area contributed by atoms with Crippen molar-refractivity contribution < 1.29 is 27.6 Å². The molecule has 3 aliphatic rings. The van der Waals surface area contributed by atoms with Crippen LogP contribution in [0.3, 0.4) is 0 Å². The van der Waals surface area contributed by atoms with Crippen LogP contribution in [0.4, 0.5) is 13.2 Å². The highest BCUT2D eigenvalue weighted by Gasteiger charge is 2.36. The average molecular weight is 451 g/mol. The summed E-state index contributed by atoms with van der Waals surface area (Å²) in [5.41, 5.74) is -0.569. The Kier molecular flexibility index (Phi) is 6.44. The van der Waals surface area contributed by atoms with Gasteiger partial charge in [-0.2, -0.15) is 13.2 Å². The van der Waals surface area contributed by atoms with Gasteiger partial charge in [0.15, 0.2) is 0 Å². The van der Waals surface area contributed by atoms with Gasteiger partial charge in [0.1, 0.15) is 0 Å². The van der Waals surface area contributed by atoms with Crippen LogP contribution in [-0.4, -0.2) is 59.7 Å². The Bertz CT molecular complexity index is 851. The van der Waals surface area contributed by atoms with Crippen molar-refractivity contribution >= 4 is 17.7 Å². The van der Waals surface area contributed by atoms with Gasteiger partial charge < -0.3 is 15.1 Å². The number of rotatable bonds is 4. The van der Waals surface area contributed by atoms with E-state index in [2.05, 4.69) is 5.32 Å². The largest absolute Gasteiger partial charge is 0.416 e. The molecule has 1 aliphatic carbocycles. The number of amides is 3. The SMILES string of the molecule is O=C(NC1CCN(C(=O)C2CC2)CC1)C1CCN(C(=O)c2ccc(C(F)(F)F)cc2)CC1. The molecule has 9 heteroatoms. The minimum atomic E-state index is -4.43. The maximum absolute atomic E-state index is 12.7. The summed E-state index contributed by atoms with van der Waals surface area (Å²) in [5.74, 6) is -0.0434. The second-order valence-electron chi connectivity index (χ2n) is 9.02. The van der Waals surface area contributed by atoms with E-state index in [1.54, 1.807) is 4.90 Å². The molecule has 2 aliphatic heterocycles. The Morgan fingerprint density at radius 1 is 0.781 bits per heavy atom. The lowest BCUT2D eigenvalue weighted by Crippen LogP contribution is -2.49. The van der Waals surface area contributed by atoms with Crippen LogP contribution in [-0.2, 0) is 15.8 Å². The van der Waals surface area contributed by atoms with Crippen molar-refractivity contribution in [2.45, 2.75) is 50.7 Å². The van der Waals surface area contributed by atoms with Crippen molar-refractivity contribution in [3.8, 4) is 0 Å². The van der Waals surface area contributed by atoms with Gasteiger partial charge in [-0.1, -0.05) is 0 Å². The first kappa shape index (κ1) is 22.6. The number of nitrogens with zero attached hydrogens (tertiary/aromatic N) is 2. The monoisotopic (exact) mass is 451 g/mol. The Labute approximate surface area is 185 Å². The highest BCUT2D eigenvalue weighted by Crippen LogP contribution is 2.32. The van der Waals surface area contributed by atoms with Crippen LogP contribution in [0.1, 0.15) is 54.4 Å². The second-order valence-corrected chi connectivity index (χ2v) is 9.02. The van der Waals surface area contributed by atoms with Gasteiger partial charge in [0, 0.05) is 49.6 Å². The van der Waals surface area contributed by atoms with Gasteiger partial charge in [0.2, 0.25) is 11.8 Å².